The molecule has 0 atom stereocenters. The van der Waals surface area contributed by atoms with Gasteiger partial charge in [0.15, 0.2) is 0 Å². The van der Waals surface area contributed by atoms with Crippen LogP contribution in [0.4, 0.5) is 4.39 Å². The number of hydrogen-bond acceptors (Lipinski definition) is 1. The summed E-state index contributed by atoms with van der Waals surface area (Å²) >= 11 is 6.12. The Bertz CT molecular complexity index is 841. The molecule has 2 aromatic carbocycles. The van der Waals surface area contributed by atoms with E-state index < -0.39 is 5.97 Å². The van der Waals surface area contributed by atoms with E-state index in [2.05, 4.69) is 0 Å². The van der Waals surface area contributed by atoms with Gasteiger partial charge in [-0.1, -0.05) is 17.7 Å². The molecule has 3 rings (SSSR count). The molecule has 0 radical (unpaired) electrons. The van der Waals surface area contributed by atoms with E-state index in [1.807, 2.05) is 16.8 Å². The van der Waals surface area contributed by atoms with Gasteiger partial charge < -0.3 is 9.67 Å². The molecule has 1 aromatic heterocycles. The number of benzene rings is 2. The van der Waals surface area contributed by atoms with Crippen LogP contribution in [-0.4, -0.2) is 15.6 Å². The highest BCUT2D eigenvalue weighted by Gasteiger charge is 2.09. The highest BCUT2D eigenvalue weighted by atomic mass is 35.5. The normalized spacial score (nSPS) is 11.0. The number of carbonyl (C=O) groups is 1. The van der Waals surface area contributed by atoms with Gasteiger partial charge in [-0.05, 0) is 47.3 Å². The van der Waals surface area contributed by atoms with Crippen LogP contribution < -0.4 is 0 Å². The predicted molar refractivity (Wildman–Crippen MR) is 79.4 cm³/mol. The highest BCUT2D eigenvalue weighted by Crippen LogP contribution is 2.23. The third-order valence-electron chi connectivity index (χ3n) is 3.38. The van der Waals surface area contributed by atoms with E-state index in [9.17, 15) is 9.18 Å². The molecule has 21 heavy (non-hydrogen) atoms. The summed E-state index contributed by atoms with van der Waals surface area (Å²) in [5, 5.41) is 10.2. The van der Waals surface area contributed by atoms with Crippen molar-refractivity contribution >= 4 is 28.5 Å². The summed E-state index contributed by atoms with van der Waals surface area (Å²) in [7, 11) is 0. The van der Waals surface area contributed by atoms with Gasteiger partial charge in [-0.2, -0.15) is 0 Å². The Labute approximate surface area is 125 Å². The lowest BCUT2D eigenvalue weighted by Gasteiger charge is -2.08. The number of aromatic carboxylic acids is 1. The second-order valence-corrected chi connectivity index (χ2v) is 5.17. The Morgan fingerprint density at radius 2 is 2.00 bits per heavy atom. The molecule has 0 spiro atoms. The van der Waals surface area contributed by atoms with E-state index in [1.165, 1.54) is 24.3 Å². The Morgan fingerprint density at radius 1 is 1.19 bits per heavy atom. The molecule has 0 aliphatic heterocycles. The van der Waals surface area contributed by atoms with Gasteiger partial charge in [0.05, 0.1) is 11.1 Å². The summed E-state index contributed by atoms with van der Waals surface area (Å²) in [6.45, 7) is 0.450. The number of halogens is 2. The van der Waals surface area contributed by atoms with Crippen molar-refractivity contribution in [3.05, 3.63) is 70.6 Å². The zero-order valence-electron chi connectivity index (χ0n) is 10.9. The number of nitrogens with zero attached hydrogens (tertiary/aromatic N) is 1. The summed E-state index contributed by atoms with van der Waals surface area (Å²) in [4.78, 5) is 10.9. The minimum Gasteiger partial charge on any atom is -0.478 e. The topological polar surface area (TPSA) is 42.2 Å². The lowest BCUT2D eigenvalue weighted by Crippen LogP contribution is -2.01. The van der Waals surface area contributed by atoms with Crippen LogP contribution in [0.2, 0.25) is 5.02 Å². The molecule has 0 aliphatic carbocycles. The van der Waals surface area contributed by atoms with Gasteiger partial charge in [-0.25, -0.2) is 9.18 Å². The van der Waals surface area contributed by atoms with E-state index in [0.717, 1.165) is 16.5 Å². The minimum atomic E-state index is -1.02. The predicted octanol–water partition coefficient (Wildman–Crippen LogP) is 4.18. The van der Waals surface area contributed by atoms with Gasteiger partial charge in [0.1, 0.15) is 5.82 Å². The molecular weight excluding hydrogens is 293 g/mol. The molecule has 0 amide bonds. The monoisotopic (exact) mass is 303 g/mol. The second kappa shape index (κ2) is 5.22. The lowest BCUT2D eigenvalue weighted by atomic mass is 10.1. The van der Waals surface area contributed by atoms with Crippen molar-refractivity contribution in [2.45, 2.75) is 6.54 Å². The van der Waals surface area contributed by atoms with Crippen LogP contribution in [0.5, 0.6) is 0 Å². The third kappa shape index (κ3) is 2.62. The fraction of sp³-hybridized carbons (Fsp3) is 0.0625. The van der Waals surface area contributed by atoms with Crippen LogP contribution in [0.1, 0.15) is 15.9 Å². The Hall–Kier alpha value is -2.33. The van der Waals surface area contributed by atoms with Gasteiger partial charge in [-0.3, -0.25) is 0 Å². The van der Waals surface area contributed by atoms with E-state index in [4.69, 9.17) is 16.7 Å². The van der Waals surface area contributed by atoms with E-state index in [0.29, 0.717) is 11.6 Å². The first-order valence-corrected chi connectivity index (χ1v) is 6.68. The molecule has 1 heterocycles. The SMILES string of the molecule is O=C(O)c1ccc(Cn2ccc3ccc(F)cc32)c(Cl)c1. The van der Waals surface area contributed by atoms with Crippen LogP contribution in [-0.2, 0) is 6.54 Å². The average Bonchev–Trinajstić information content (AvgIpc) is 2.83. The first-order valence-electron chi connectivity index (χ1n) is 6.31. The Balaban J connectivity index is 1.99. The standard InChI is InChI=1S/C16H11ClFNO2/c17-14-7-11(16(20)21)1-2-12(14)9-19-6-5-10-3-4-13(18)8-15(10)19/h1-8H,9H2,(H,20,21). The van der Waals surface area contributed by atoms with Gasteiger partial charge in [0, 0.05) is 17.8 Å². The molecule has 0 aliphatic rings. The van der Waals surface area contributed by atoms with Crippen LogP contribution in [0.25, 0.3) is 10.9 Å². The maximum Gasteiger partial charge on any atom is 0.335 e. The molecule has 3 nitrogen and oxygen atoms in total. The summed E-state index contributed by atoms with van der Waals surface area (Å²) in [6, 6.07) is 11.1. The average molecular weight is 304 g/mol. The smallest absolute Gasteiger partial charge is 0.335 e. The van der Waals surface area contributed by atoms with E-state index in [1.54, 1.807) is 12.1 Å². The zero-order chi connectivity index (χ0) is 15.0. The number of hydrogen-bond donors (Lipinski definition) is 1. The maximum atomic E-state index is 13.3. The van der Waals surface area contributed by atoms with Crippen LogP contribution >= 0.6 is 11.6 Å². The molecule has 3 aromatic rings. The van der Waals surface area contributed by atoms with E-state index >= 15 is 0 Å². The molecule has 0 bridgehead atoms. The minimum absolute atomic E-state index is 0.146. The van der Waals surface area contributed by atoms with Crippen molar-refractivity contribution in [1.82, 2.24) is 4.57 Å². The van der Waals surface area contributed by atoms with Gasteiger partial charge in [0.25, 0.3) is 0 Å². The number of carboxylic acid groups (broad SMARTS) is 1. The molecule has 0 unspecified atom stereocenters. The summed E-state index contributed by atoms with van der Waals surface area (Å²) in [5.41, 5.74) is 1.70. The fourth-order valence-corrected chi connectivity index (χ4v) is 2.53. The van der Waals surface area contributed by atoms with Crippen molar-refractivity contribution in [3.63, 3.8) is 0 Å². The quantitative estimate of drug-likeness (QED) is 0.788. The first kappa shape index (κ1) is 13.6. The van der Waals surface area contributed by atoms with Crippen molar-refractivity contribution in [1.29, 1.82) is 0 Å². The molecule has 0 fully saturated rings. The van der Waals surface area contributed by atoms with Crippen LogP contribution in [0.15, 0.2) is 48.7 Å². The van der Waals surface area contributed by atoms with Crippen molar-refractivity contribution < 1.29 is 14.3 Å². The molecule has 0 saturated carbocycles. The number of rotatable bonds is 3. The lowest BCUT2D eigenvalue weighted by molar-refractivity contribution is 0.0697. The summed E-state index contributed by atoms with van der Waals surface area (Å²) in [6.07, 6.45) is 1.85. The molecule has 1 N–H and O–H groups in total. The first-order chi connectivity index (χ1) is 10.0. The van der Waals surface area contributed by atoms with Crippen LogP contribution in [0.3, 0.4) is 0 Å². The number of carboxylic acids is 1. The largest absolute Gasteiger partial charge is 0.478 e. The number of fused-ring (bicyclic) bond motifs is 1. The third-order valence-corrected chi connectivity index (χ3v) is 3.73. The van der Waals surface area contributed by atoms with Crippen LogP contribution in [0, 0.1) is 5.82 Å². The maximum absolute atomic E-state index is 13.3. The fourth-order valence-electron chi connectivity index (χ4n) is 2.29. The molecular formula is C16H11ClFNO2. The van der Waals surface area contributed by atoms with Gasteiger partial charge >= 0.3 is 5.97 Å². The van der Waals surface area contributed by atoms with Gasteiger partial charge in [-0.15, -0.1) is 0 Å². The summed E-state index contributed by atoms with van der Waals surface area (Å²) in [5.74, 6) is -1.31. The second-order valence-electron chi connectivity index (χ2n) is 4.76. The van der Waals surface area contributed by atoms with Crippen molar-refractivity contribution in [3.8, 4) is 0 Å². The number of aromatic nitrogens is 1. The Morgan fingerprint density at radius 3 is 2.71 bits per heavy atom. The molecule has 0 saturated heterocycles. The van der Waals surface area contributed by atoms with Crippen molar-refractivity contribution in [2.75, 3.05) is 0 Å². The zero-order valence-corrected chi connectivity index (χ0v) is 11.6. The van der Waals surface area contributed by atoms with E-state index in [-0.39, 0.29) is 11.4 Å². The highest BCUT2D eigenvalue weighted by molar-refractivity contribution is 6.31. The Kier molecular flexibility index (Phi) is 3.39. The molecule has 106 valence electrons. The van der Waals surface area contributed by atoms with Crippen molar-refractivity contribution in [2.24, 2.45) is 0 Å². The summed E-state index contributed by atoms with van der Waals surface area (Å²) < 4.78 is 15.2. The molecule has 5 heteroatoms. The van der Waals surface area contributed by atoms with Gasteiger partial charge in [0.2, 0.25) is 0 Å².